The number of hydrogen-bond acceptors (Lipinski definition) is 5. The molecule has 0 unspecified atom stereocenters. The molecular weight excluding hydrogens is 382 g/mol. The van der Waals surface area contributed by atoms with E-state index >= 15 is 0 Å². The predicted octanol–water partition coefficient (Wildman–Crippen LogP) is 2.78. The molecule has 2 aliphatic rings. The third kappa shape index (κ3) is 3.94. The number of aromatic nitrogens is 2. The third-order valence-electron chi connectivity index (χ3n) is 5.96. The molecule has 0 bridgehead atoms. The summed E-state index contributed by atoms with van der Waals surface area (Å²) in [4.78, 5) is 47.6. The Hall–Kier alpha value is -3.16. The van der Waals surface area contributed by atoms with E-state index < -0.39 is 5.92 Å². The van der Waals surface area contributed by atoms with Crippen LogP contribution in [0.15, 0.2) is 29.1 Å². The molecule has 2 amide bonds. The maximum Gasteiger partial charge on any atom is 0.258 e. The summed E-state index contributed by atoms with van der Waals surface area (Å²) in [6, 6.07) is 7.78. The van der Waals surface area contributed by atoms with Gasteiger partial charge in [-0.2, -0.15) is 4.98 Å². The van der Waals surface area contributed by atoms with Crippen LogP contribution >= 0.6 is 0 Å². The maximum atomic E-state index is 12.9. The molecule has 3 heterocycles. The minimum absolute atomic E-state index is 0.0872. The lowest BCUT2D eigenvalue weighted by Crippen LogP contribution is -2.41. The van der Waals surface area contributed by atoms with Gasteiger partial charge in [-0.15, -0.1) is 0 Å². The first-order valence-corrected chi connectivity index (χ1v) is 10.6. The molecule has 1 saturated heterocycles. The van der Waals surface area contributed by atoms with Crippen LogP contribution in [0.25, 0.3) is 0 Å². The number of anilines is 3. The van der Waals surface area contributed by atoms with Gasteiger partial charge in [0.15, 0.2) is 0 Å². The van der Waals surface area contributed by atoms with Gasteiger partial charge in [-0.3, -0.25) is 19.4 Å². The maximum absolute atomic E-state index is 12.9. The second-order valence-electron chi connectivity index (χ2n) is 8.03. The molecule has 30 heavy (non-hydrogen) atoms. The fraction of sp³-hybridized carbons (Fsp3) is 0.455. The van der Waals surface area contributed by atoms with Gasteiger partial charge in [0.05, 0.1) is 11.5 Å². The lowest BCUT2D eigenvalue weighted by molar-refractivity contribution is -0.123. The molecule has 2 atom stereocenters. The minimum atomic E-state index is -0.885. The van der Waals surface area contributed by atoms with Crippen LogP contribution in [0.5, 0.6) is 0 Å². The van der Waals surface area contributed by atoms with Crippen molar-refractivity contribution in [1.82, 2.24) is 9.97 Å². The zero-order chi connectivity index (χ0) is 21.3. The molecule has 0 aliphatic carbocycles. The van der Waals surface area contributed by atoms with Gasteiger partial charge < -0.3 is 15.5 Å². The Morgan fingerprint density at radius 2 is 2.00 bits per heavy atom. The Labute approximate surface area is 175 Å². The number of hydrogen-bond donors (Lipinski definition) is 3. The van der Waals surface area contributed by atoms with Crippen molar-refractivity contribution < 1.29 is 9.59 Å². The summed E-state index contributed by atoms with van der Waals surface area (Å²) in [5, 5.41) is 5.51. The zero-order valence-electron chi connectivity index (χ0n) is 17.3. The first kappa shape index (κ1) is 20.1. The first-order valence-electron chi connectivity index (χ1n) is 10.6. The van der Waals surface area contributed by atoms with Crippen molar-refractivity contribution >= 4 is 29.3 Å². The van der Waals surface area contributed by atoms with E-state index in [1.54, 1.807) is 0 Å². The van der Waals surface area contributed by atoms with E-state index in [0.29, 0.717) is 11.6 Å². The molecule has 2 aliphatic heterocycles. The van der Waals surface area contributed by atoms with E-state index in [1.807, 2.05) is 24.3 Å². The van der Waals surface area contributed by atoms with Crippen LogP contribution in [-0.2, 0) is 16.0 Å². The molecule has 1 aromatic carbocycles. The van der Waals surface area contributed by atoms with Gasteiger partial charge in [-0.25, -0.2) is 0 Å². The molecule has 0 spiro atoms. The highest BCUT2D eigenvalue weighted by Crippen LogP contribution is 2.31. The van der Waals surface area contributed by atoms with Gasteiger partial charge in [0.2, 0.25) is 17.8 Å². The monoisotopic (exact) mass is 409 g/mol. The van der Waals surface area contributed by atoms with E-state index in [0.717, 1.165) is 37.8 Å². The second-order valence-corrected chi connectivity index (χ2v) is 8.03. The smallest absolute Gasteiger partial charge is 0.258 e. The van der Waals surface area contributed by atoms with Crippen LogP contribution in [0, 0.1) is 0 Å². The fourth-order valence-corrected chi connectivity index (χ4v) is 4.19. The zero-order valence-corrected chi connectivity index (χ0v) is 17.3. The number of nitrogens with one attached hydrogen (secondary N) is 3. The lowest BCUT2D eigenvalue weighted by atomic mass is 9.92. The molecule has 1 fully saturated rings. The number of benzene rings is 1. The van der Waals surface area contributed by atoms with Crippen molar-refractivity contribution in [3.63, 3.8) is 0 Å². The van der Waals surface area contributed by atoms with Crippen molar-refractivity contribution in [1.29, 1.82) is 0 Å². The molecule has 1 aromatic heterocycles. The summed E-state index contributed by atoms with van der Waals surface area (Å²) < 4.78 is 0. The second kappa shape index (κ2) is 8.30. The summed E-state index contributed by atoms with van der Waals surface area (Å²) in [5.41, 5.74) is 1.63. The van der Waals surface area contributed by atoms with Gasteiger partial charge in [-0.05, 0) is 50.3 Å². The number of carbonyl (C=O) groups excluding carboxylic acids is 2. The SMILES string of the molecule is CCc1ccc(NC(=O)[C@H]2CC(=O)Nc3nc(N4CCCC[C@H]4C)[nH]c(=O)c32)cc1. The molecule has 8 nitrogen and oxygen atoms in total. The highest BCUT2D eigenvalue weighted by atomic mass is 16.2. The van der Waals surface area contributed by atoms with Crippen molar-refractivity contribution in [3.05, 3.63) is 45.7 Å². The Morgan fingerprint density at radius 3 is 2.70 bits per heavy atom. The van der Waals surface area contributed by atoms with Crippen molar-refractivity contribution in [2.45, 2.75) is 57.9 Å². The number of nitrogens with zero attached hydrogens (tertiary/aromatic N) is 2. The van der Waals surface area contributed by atoms with Gasteiger partial charge >= 0.3 is 0 Å². The Bertz CT molecular complexity index is 1010. The molecule has 0 saturated carbocycles. The lowest BCUT2D eigenvalue weighted by Gasteiger charge is -2.34. The number of fused-ring (bicyclic) bond motifs is 1. The summed E-state index contributed by atoms with van der Waals surface area (Å²) in [5.74, 6) is -0.961. The van der Waals surface area contributed by atoms with Crippen LogP contribution < -0.4 is 21.1 Å². The van der Waals surface area contributed by atoms with Crippen LogP contribution in [0.4, 0.5) is 17.5 Å². The number of aryl methyl sites for hydroxylation is 1. The number of amides is 2. The summed E-state index contributed by atoms with van der Waals surface area (Å²) >= 11 is 0. The molecule has 3 N–H and O–H groups in total. The van der Waals surface area contributed by atoms with Gasteiger partial charge in [-0.1, -0.05) is 19.1 Å². The number of aromatic amines is 1. The minimum Gasteiger partial charge on any atom is -0.340 e. The van der Waals surface area contributed by atoms with Crippen molar-refractivity contribution in [3.8, 4) is 0 Å². The van der Waals surface area contributed by atoms with Crippen molar-refractivity contribution in [2.24, 2.45) is 0 Å². The molecular formula is C22H27N5O3. The van der Waals surface area contributed by atoms with Crippen LogP contribution in [0.2, 0.25) is 0 Å². The van der Waals surface area contributed by atoms with Gasteiger partial charge in [0.25, 0.3) is 5.56 Å². The van der Waals surface area contributed by atoms with Gasteiger partial charge in [0.1, 0.15) is 5.82 Å². The largest absolute Gasteiger partial charge is 0.340 e. The highest BCUT2D eigenvalue weighted by Gasteiger charge is 2.35. The average Bonchev–Trinajstić information content (AvgIpc) is 2.73. The third-order valence-corrected chi connectivity index (χ3v) is 5.96. The standard InChI is InChI=1S/C22H27N5O3/c1-3-14-7-9-15(10-8-14)23-20(29)16-12-17(28)24-19-18(16)21(30)26-22(25-19)27-11-5-4-6-13(27)2/h7-10,13,16H,3-6,11-12H2,1-2H3,(H,23,29)(H2,24,25,26,28,30)/t13-,16+/m1/s1. The average molecular weight is 409 g/mol. The summed E-state index contributed by atoms with van der Waals surface area (Å²) in [7, 11) is 0. The Kier molecular flexibility index (Phi) is 5.57. The van der Waals surface area contributed by atoms with E-state index in [9.17, 15) is 14.4 Å². The Balaban J connectivity index is 1.63. The van der Waals surface area contributed by atoms with E-state index in [4.69, 9.17) is 0 Å². The van der Waals surface area contributed by atoms with E-state index in [2.05, 4.69) is 39.3 Å². The summed E-state index contributed by atoms with van der Waals surface area (Å²) in [6.07, 6.45) is 4.01. The molecule has 4 rings (SSSR count). The van der Waals surface area contributed by atoms with Crippen LogP contribution in [-0.4, -0.2) is 34.4 Å². The van der Waals surface area contributed by atoms with E-state index in [-0.39, 0.29) is 41.2 Å². The highest BCUT2D eigenvalue weighted by molar-refractivity contribution is 6.04. The summed E-state index contributed by atoms with van der Waals surface area (Å²) in [6.45, 7) is 4.95. The molecule has 0 radical (unpaired) electrons. The van der Waals surface area contributed by atoms with Crippen molar-refractivity contribution in [2.75, 3.05) is 22.1 Å². The predicted molar refractivity (Wildman–Crippen MR) is 116 cm³/mol. The van der Waals surface area contributed by atoms with Crippen LogP contribution in [0.3, 0.4) is 0 Å². The Morgan fingerprint density at radius 1 is 1.23 bits per heavy atom. The topological polar surface area (TPSA) is 107 Å². The number of carbonyl (C=O) groups is 2. The quantitative estimate of drug-likeness (QED) is 0.720. The molecule has 2 aromatic rings. The van der Waals surface area contributed by atoms with Gasteiger partial charge in [0, 0.05) is 24.7 Å². The molecule has 158 valence electrons. The normalized spacial score (nSPS) is 21.0. The van der Waals surface area contributed by atoms with E-state index in [1.165, 1.54) is 0 Å². The number of H-pyrrole nitrogens is 1. The number of rotatable bonds is 4. The molecule has 8 heteroatoms. The fourth-order valence-electron chi connectivity index (χ4n) is 4.19. The number of piperidine rings is 1. The first-order chi connectivity index (χ1) is 14.5. The van der Waals surface area contributed by atoms with Crippen LogP contribution in [0.1, 0.15) is 56.6 Å².